The highest BCUT2D eigenvalue weighted by Crippen LogP contribution is 2.18. The maximum atomic E-state index is 12.3. The van der Waals surface area contributed by atoms with Crippen LogP contribution in [-0.2, 0) is 4.79 Å². The number of carbonyl (C=O) groups is 2. The first-order valence-corrected chi connectivity index (χ1v) is 6.60. The number of hydrogen-bond donors (Lipinski definition) is 3. The van der Waals surface area contributed by atoms with Crippen LogP contribution < -0.4 is 16.0 Å². The normalized spacial score (nSPS) is 10.8. The fourth-order valence-corrected chi connectivity index (χ4v) is 1.88. The molecule has 0 atom stereocenters. The Morgan fingerprint density at radius 2 is 1.85 bits per heavy atom. The highest BCUT2D eigenvalue weighted by molar-refractivity contribution is 6.00. The van der Waals surface area contributed by atoms with Crippen molar-refractivity contribution in [3.63, 3.8) is 0 Å². The summed E-state index contributed by atoms with van der Waals surface area (Å²) in [6.07, 6.45) is 0. The molecule has 0 spiro atoms. The van der Waals surface area contributed by atoms with Crippen LogP contribution in [0.4, 0.5) is 5.69 Å². The Kier molecular flexibility index (Phi) is 5.13. The number of nitrogens with one attached hydrogen (secondary N) is 3. The van der Waals surface area contributed by atoms with Crippen molar-refractivity contribution in [2.24, 2.45) is 5.41 Å². The molecule has 0 radical (unpaired) electrons. The zero-order valence-electron chi connectivity index (χ0n) is 12.8. The van der Waals surface area contributed by atoms with E-state index in [2.05, 4.69) is 16.0 Å². The van der Waals surface area contributed by atoms with E-state index in [1.165, 1.54) is 0 Å². The molecule has 0 bridgehead atoms. The lowest BCUT2D eigenvalue weighted by Gasteiger charge is -2.23. The second-order valence-electron chi connectivity index (χ2n) is 5.44. The van der Waals surface area contributed by atoms with Crippen LogP contribution in [0, 0.1) is 12.3 Å². The summed E-state index contributed by atoms with van der Waals surface area (Å²) in [4.78, 5) is 23.9. The predicted octanol–water partition coefficient (Wildman–Crippen LogP) is 1.54. The first-order chi connectivity index (χ1) is 9.31. The van der Waals surface area contributed by atoms with Gasteiger partial charge in [0.1, 0.15) is 0 Å². The monoisotopic (exact) mass is 277 g/mol. The number of aryl methyl sites for hydroxylation is 1. The highest BCUT2D eigenvalue weighted by Gasteiger charge is 2.27. The van der Waals surface area contributed by atoms with Gasteiger partial charge in [-0.2, -0.15) is 0 Å². The van der Waals surface area contributed by atoms with Crippen LogP contribution in [0.5, 0.6) is 0 Å². The van der Waals surface area contributed by atoms with Gasteiger partial charge in [0, 0.05) is 26.3 Å². The van der Waals surface area contributed by atoms with Gasteiger partial charge < -0.3 is 16.0 Å². The van der Waals surface area contributed by atoms with E-state index in [1.54, 1.807) is 27.9 Å². The van der Waals surface area contributed by atoms with Gasteiger partial charge in [0.05, 0.1) is 11.0 Å². The van der Waals surface area contributed by atoms with Crippen molar-refractivity contribution in [3.8, 4) is 0 Å². The molecule has 1 aromatic rings. The maximum Gasteiger partial charge on any atom is 0.253 e. The molecule has 0 aliphatic carbocycles. The smallest absolute Gasteiger partial charge is 0.253 e. The van der Waals surface area contributed by atoms with Gasteiger partial charge in [-0.1, -0.05) is 11.6 Å². The summed E-state index contributed by atoms with van der Waals surface area (Å²) in [7, 11) is 3.36. The van der Waals surface area contributed by atoms with Crippen LogP contribution in [0.3, 0.4) is 0 Å². The number of rotatable bonds is 5. The third-order valence-corrected chi connectivity index (χ3v) is 3.22. The third-order valence-electron chi connectivity index (χ3n) is 3.22. The van der Waals surface area contributed by atoms with Crippen LogP contribution in [0.2, 0.25) is 0 Å². The second kappa shape index (κ2) is 6.41. The molecule has 0 saturated heterocycles. The minimum absolute atomic E-state index is 0.101. The van der Waals surface area contributed by atoms with E-state index >= 15 is 0 Å². The fourth-order valence-electron chi connectivity index (χ4n) is 1.88. The molecule has 0 aromatic heterocycles. The zero-order valence-corrected chi connectivity index (χ0v) is 12.8. The van der Waals surface area contributed by atoms with Crippen LogP contribution in [0.1, 0.15) is 29.8 Å². The number of benzene rings is 1. The van der Waals surface area contributed by atoms with Gasteiger partial charge in [0.25, 0.3) is 5.91 Å². The topological polar surface area (TPSA) is 70.2 Å². The quantitative estimate of drug-likeness (QED) is 0.764. The van der Waals surface area contributed by atoms with E-state index in [9.17, 15) is 9.59 Å². The van der Waals surface area contributed by atoms with Gasteiger partial charge in [-0.3, -0.25) is 9.59 Å². The second-order valence-corrected chi connectivity index (χ2v) is 5.44. The Morgan fingerprint density at radius 3 is 2.40 bits per heavy atom. The Balaban J connectivity index is 2.82. The van der Waals surface area contributed by atoms with Gasteiger partial charge in [0.2, 0.25) is 5.91 Å². The van der Waals surface area contributed by atoms with E-state index in [1.807, 2.05) is 25.1 Å². The lowest BCUT2D eigenvalue weighted by atomic mass is 9.92. The molecule has 0 aliphatic heterocycles. The standard InChI is InChI=1S/C15H23N3O2/c1-10-6-7-12(16-4)11(8-10)13(19)18-9-15(2,3)14(20)17-5/h6-8,16H,9H2,1-5H3,(H,17,20)(H,18,19). The van der Waals surface area contributed by atoms with Crippen molar-refractivity contribution in [1.29, 1.82) is 0 Å². The van der Waals surface area contributed by atoms with Gasteiger partial charge in [-0.25, -0.2) is 0 Å². The average Bonchev–Trinajstić information content (AvgIpc) is 2.43. The lowest BCUT2D eigenvalue weighted by molar-refractivity contribution is -0.128. The van der Waals surface area contributed by atoms with Crippen molar-refractivity contribution >= 4 is 17.5 Å². The molecule has 1 aromatic carbocycles. The van der Waals surface area contributed by atoms with Gasteiger partial charge in [-0.05, 0) is 32.9 Å². The number of carbonyl (C=O) groups excluding carboxylic acids is 2. The summed E-state index contributed by atoms with van der Waals surface area (Å²) in [5.41, 5.74) is 1.72. The van der Waals surface area contributed by atoms with Crippen LogP contribution in [-0.4, -0.2) is 32.5 Å². The average molecular weight is 277 g/mol. The molecule has 2 amide bonds. The Labute approximate surface area is 120 Å². The molecule has 0 heterocycles. The van der Waals surface area contributed by atoms with E-state index in [4.69, 9.17) is 0 Å². The molecule has 0 aliphatic rings. The molecule has 3 N–H and O–H groups in total. The molecule has 0 fully saturated rings. The Morgan fingerprint density at radius 1 is 1.20 bits per heavy atom. The largest absolute Gasteiger partial charge is 0.387 e. The third kappa shape index (κ3) is 3.73. The van der Waals surface area contributed by atoms with Crippen LogP contribution in [0.15, 0.2) is 18.2 Å². The minimum atomic E-state index is -0.645. The number of hydrogen-bond acceptors (Lipinski definition) is 3. The highest BCUT2D eigenvalue weighted by atomic mass is 16.2. The molecular weight excluding hydrogens is 254 g/mol. The summed E-state index contributed by atoms with van der Waals surface area (Å²) in [5, 5.41) is 8.41. The Bertz CT molecular complexity index is 510. The first-order valence-electron chi connectivity index (χ1n) is 6.60. The molecular formula is C15H23N3O2. The first kappa shape index (κ1) is 16.0. The van der Waals surface area contributed by atoms with Crippen molar-refractivity contribution in [3.05, 3.63) is 29.3 Å². The van der Waals surface area contributed by atoms with Crippen LogP contribution >= 0.6 is 0 Å². The SMILES string of the molecule is CNC(=O)C(C)(C)CNC(=O)c1cc(C)ccc1NC. The van der Waals surface area contributed by atoms with Gasteiger partial charge >= 0.3 is 0 Å². The molecule has 1 rings (SSSR count). The molecule has 5 nitrogen and oxygen atoms in total. The van der Waals surface area contributed by atoms with E-state index in [-0.39, 0.29) is 18.4 Å². The van der Waals surface area contributed by atoms with Gasteiger partial charge in [-0.15, -0.1) is 0 Å². The van der Waals surface area contributed by atoms with Crippen molar-refractivity contribution in [2.75, 3.05) is 26.0 Å². The summed E-state index contributed by atoms with van der Waals surface area (Å²) >= 11 is 0. The van der Waals surface area contributed by atoms with Gasteiger partial charge in [0.15, 0.2) is 0 Å². The number of anilines is 1. The molecule has 110 valence electrons. The zero-order chi connectivity index (χ0) is 15.3. The van der Waals surface area contributed by atoms with E-state index in [0.29, 0.717) is 5.56 Å². The predicted molar refractivity (Wildman–Crippen MR) is 80.9 cm³/mol. The molecule has 20 heavy (non-hydrogen) atoms. The van der Waals surface area contributed by atoms with E-state index in [0.717, 1.165) is 11.3 Å². The summed E-state index contributed by atoms with van der Waals surface area (Å²) < 4.78 is 0. The minimum Gasteiger partial charge on any atom is -0.387 e. The molecule has 0 saturated carbocycles. The molecule has 5 heteroatoms. The summed E-state index contributed by atoms with van der Waals surface area (Å²) in [6, 6.07) is 5.64. The maximum absolute atomic E-state index is 12.3. The van der Waals surface area contributed by atoms with Crippen molar-refractivity contribution < 1.29 is 9.59 Å². The fraction of sp³-hybridized carbons (Fsp3) is 0.467. The van der Waals surface area contributed by atoms with Crippen molar-refractivity contribution in [1.82, 2.24) is 10.6 Å². The van der Waals surface area contributed by atoms with Crippen molar-refractivity contribution in [2.45, 2.75) is 20.8 Å². The van der Waals surface area contributed by atoms with Crippen LogP contribution in [0.25, 0.3) is 0 Å². The number of amides is 2. The van der Waals surface area contributed by atoms with E-state index < -0.39 is 5.41 Å². The molecule has 0 unspecified atom stereocenters. The Hall–Kier alpha value is -2.04. The summed E-state index contributed by atoms with van der Waals surface area (Å²) in [6.45, 7) is 5.80. The summed E-state index contributed by atoms with van der Waals surface area (Å²) in [5.74, 6) is -0.286. The lowest BCUT2D eigenvalue weighted by Crippen LogP contribution is -2.43.